The number of fused-ring (bicyclic) bond motifs is 3. The number of benzene rings is 1. The van der Waals surface area contributed by atoms with E-state index in [1.165, 1.54) is 25.1 Å². The van der Waals surface area contributed by atoms with Crippen LogP contribution in [0.1, 0.15) is 43.1 Å². The van der Waals surface area contributed by atoms with Crippen LogP contribution in [0.5, 0.6) is 11.5 Å². The van der Waals surface area contributed by atoms with Gasteiger partial charge in [0.25, 0.3) is 0 Å². The Labute approximate surface area is 167 Å². The maximum Gasteiger partial charge on any atom is 0.341 e. The van der Waals surface area contributed by atoms with Gasteiger partial charge in [-0.2, -0.15) is 0 Å². The highest BCUT2D eigenvalue weighted by Crippen LogP contribution is 2.42. The second-order valence-corrected chi connectivity index (χ2v) is 8.21. The monoisotopic (exact) mass is 403 g/mol. The van der Waals surface area contributed by atoms with Gasteiger partial charge >= 0.3 is 5.97 Å². The van der Waals surface area contributed by atoms with E-state index in [0.29, 0.717) is 46.9 Å². The molecule has 1 N–H and O–H groups in total. The molecule has 1 atom stereocenters. The topological polar surface area (TPSA) is 77.8 Å². The van der Waals surface area contributed by atoms with E-state index in [4.69, 9.17) is 21.1 Å². The summed E-state index contributed by atoms with van der Waals surface area (Å²) in [6.45, 7) is 5.04. The Morgan fingerprint density at radius 3 is 2.75 bits per heavy atom. The lowest BCUT2D eigenvalue weighted by Crippen LogP contribution is -2.25. The first-order valence-corrected chi connectivity index (χ1v) is 9.82. The van der Waals surface area contributed by atoms with Crippen molar-refractivity contribution in [3.63, 3.8) is 0 Å². The molecule has 2 aliphatic rings. The fraction of sp³-hybridized carbons (Fsp3) is 0.429. The maximum atomic E-state index is 12.4. The molecule has 1 aliphatic carbocycles. The van der Waals surface area contributed by atoms with E-state index >= 15 is 0 Å². The number of carboxylic acid groups (broad SMARTS) is 1. The Hall–Kier alpha value is -2.47. The zero-order valence-electron chi connectivity index (χ0n) is 15.8. The van der Waals surface area contributed by atoms with E-state index in [2.05, 4.69) is 0 Å². The van der Waals surface area contributed by atoms with Crippen LogP contribution in [0.25, 0.3) is 11.3 Å². The van der Waals surface area contributed by atoms with Crippen molar-refractivity contribution in [2.24, 2.45) is 11.8 Å². The third-order valence-electron chi connectivity index (χ3n) is 5.33. The predicted molar refractivity (Wildman–Crippen MR) is 106 cm³/mol. The van der Waals surface area contributed by atoms with Crippen LogP contribution < -0.4 is 14.9 Å². The molecule has 0 radical (unpaired) electrons. The van der Waals surface area contributed by atoms with Gasteiger partial charge in [-0.3, -0.25) is 4.79 Å². The van der Waals surface area contributed by atoms with Gasteiger partial charge in [-0.05, 0) is 30.7 Å². The van der Waals surface area contributed by atoms with Crippen LogP contribution in [0.2, 0.25) is 5.02 Å². The Morgan fingerprint density at radius 1 is 1.36 bits per heavy atom. The highest BCUT2D eigenvalue weighted by Gasteiger charge is 2.28. The third kappa shape index (κ3) is 3.49. The summed E-state index contributed by atoms with van der Waals surface area (Å²) < 4.78 is 13.7. The molecule has 0 unspecified atom stereocenters. The molecule has 2 aromatic rings. The van der Waals surface area contributed by atoms with Crippen LogP contribution in [0.3, 0.4) is 0 Å². The number of hydrogen-bond donors (Lipinski definition) is 1. The summed E-state index contributed by atoms with van der Waals surface area (Å²) in [5.74, 6) is 0.657. The number of hydrogen-bond acceptors (Lipinski definition) is 4. The first-order chi connectivity index (χ1) is 13.3. The van der Waals surface area contributed by atoms with Gasteiger partial charge in [-0.25, -0.2) is 4.79 Å². The van der Waals surface area contributed by atoms with Gasteiger partial charge in [-0.15, -0.1) is 0 Å². The molecule has 1 aromatic heterocycles. The predicted octanol–water partition coefficient (Wildman–Crippen LogP) is 4.25. The van der Waals surface area contributed by atoms with Crippen molar-refractivity contribution < 1.29 is 19.4 Å². The smallest absolute Gasteiger partial charge is 0.341 e. The molecule has 148 valence electrons. The standard InChI is InChI=1S/C21H22ClNO5/c1-11(2)17-10-28-19-7-20(27-9-12-3-4-12)15(22)5-13(19)16-6-18(24)14(21(25)26)8-23(16)17/h5-8,11-12,17H,3-4,9-10H2,1-2H3,(H,25,26)/t17-/m0/s1. The number of ether oxygens (including phenoxy) is 2. The lowest BCUT2D eigenvalue weighted by molar-refractivity contribution is 0.0694. The number of carboxylic acids is 1. The Balaban J connectivity index is 1.84. The molecule has 0 spiro atoms. The summed E-state index contributed by atoms with van der Waals surface area (Å²) in [5.41, 5.74) is 0.449. The average molecular weight is 404 g/mol. The molecule has 1 aliphatic heterocycles. The minimum Gasteiger partial charge on any atom is -0.492 e. The van der Waals surface area contributed by atoms with Crippen molar-refractivity contribution >= 4 is 17.6 Å². The fourth-order valence-corrected chi connectivity index (χ4v) is 3.64. The third-order valence-corrected chi connectivity index (χ3v) is 5.62. The molecule has 1 fully saturated rings. The number of aromatic nitrogens is 1. The van der Waals surface area contributed by atoms with Crippen LogP contribution >= 0.6 is 11.6 Å². The summed E-state index contributed by atoms with van der Waals surface area (Å²) in [5, 5.41) is 9.80. The normalized spacial score (nSPS) is 18.1. The summed E-state index contributed by atoms with van der Waals surface area (Å²) in [4.78, 5) is 23.8. The zero-order valence-corrected chi connectivity index (χ0v) is 16.5. The van der Waals surface area contributed by atoms with Crippen molar-refractivity contribution in [3.05, 3.63) is 45.2 Å². The molecular formula is C21H22ClNO5. The van der Waals surface area contributed by atoms with E-state index in [-0.39, 0.29) is 17.5 Å². The number of nitrogens with zero attached hydrogens (tertiary/aromatic N) is 1. The largest absolute Gasteiger partial charge is 0.492 e. The van der Waals surface area contributed by atoms with Gasteiger partial charge in [0.1, 0.15) is 23.7 Å². The molecule has 0 amide bonds. The SMILES string of the molecule is CC(C)[C@@H]1COc2cc(OCC3CC3)c(Cl)cc2-c2cc(=O)c(C(=O)O)cn21. The van der Waals surface area contributed by atoms with E-state index in [1.54, 1.807) is 12.1 Å². The molecule has 1 aromatic carbocycles. The molecule has 4 rings (SSSR count). The Morgan fingerprint density at radius 2 is 2.11 bits per heavy atom. The average Bonchev–Trinajstić information content (AvgIpc) is 3.46. The molecule has 7 heteroatoms. The van der Waals surface area contributed by atoms with E-state index < -0.39 is 11.4 Å². The molecule has 28 heavy (non-hydrogen) atoms. The lowest BCUT2D eigenvalue weighted by atomic mass is 10.0. The molecular weight excluding hydrogens is 382 g/mol. The summed E-state index contributed by atoms with van der Waals surface area (Å²) >= 11 is 6.44. The maximum absolute atomic E-state index is 12.4. The number of halogens is 1. The molecule has 2 heterocycles. The van der Waals surface area contributed by atoms with Gasteiger partial charge in [0, 0.05) is 23.9 Å². The Kier molecular flexibility index (Phi) is 4.83. The van der Waals surface area contributed by atoms with E-state index in [9.17, 15) is 14.7 Å². The number of carbonyl (C=O) groups is 1. The molecule has 0 bridgehead atoms. The van der Waals surface area contributed by atoms with E-state index in [1.807, 2.05) is 18.4 Å². The second-order valence-electron chi connectivity index (χ2n) is 7.80. The van der Waals surface area contributed by atoms with Crippen molar-refractivity contribution in [1.82, 2.24) is 4.57 Å². The van der Waals surface area contributed by atoms with Gasteiger partial charge in [0.05, 0.1) is 23.4 Å². The van der Waals surface area contributed by atoms with Crippen LogP contribution in [-0.4, -0.2) is 28.9 Å². The minimum atomic E-state index is -1.24. The number of pyridine rings is 1. The highest BCUT2D eigenvalue weighted by atomic mass is 35.5. The van der Waals surface area contributed by atoms with Gasteiger partial charge < -0.3 is 19.1 Å². The van der Waals surface area contributed by atoms with Crippen LogP contribution in [0, 0.1) is 11.8 Å². The van der Waals surface area contributed by atoms with Crippen LogP contribution in [0.15, 0.2) is 29.2 Å². The van der Waals surface area contributed by atoms with Gasteiger partial charge in [0.15, 0.2) is 5.43 Å². The number of aromatic carboxylic acids is 1. The first kappa shape index (κ1) is 18.9. The Bertz CT molecular complexity index is 993. The quantitative estimate of drug-likeness (QED) is 0.807. The van der Waals surface area contributed by atoms with Crippen molar-refractivity contribution in [2.45, 2.75) is 32.7 Å². The van der Waals surface area contributed by atoms with Crippen molar-refractivity contribution in [2.75, 3.05) is 13.2 Å². The fourth-order valence-electron chi connectivity index (χ4n) is 3.43. The van der Waals surface area contributed by atoms with Crippen LogP contribution in [-0.2, 0) is 0 Å². The lowest BCUT2D eigenvalue weighted by Gasteiger charge is -2.24. The van der Waals surface area contributed by atoms with Gasteiger partial charge in [-0.1, -0.05) is 25.4 Å². The highest BCUT2D eigenvalue weighted by molar-refractivity contribution is 6.32. The molecule has 6 nitrogen and oxygen atoms in total. The first-order valence-electron chi connectivity index (χ1n) is 9.44. The van der Waals surface area contributed by atoms with Crippen molar-refractivity contribution in [3.8, 4) is 22.8 Å². The van der Waals surface area contributed by atoms with Gasteiger partial charge in [0.2, 0.25) is 0 Å². The zero-order chi connectivity index (χ0) is 20.0. The number of rotatable bonds is 5. The summed E-state index contributed by atoms with van der Waals surface area (Å²) in [6.07, 6.45) is 3.77. The summed E-state index contributed by atoms with van der Waals surface area (Å²) in [7, 11) is 0. The van der Waals surface area contributed by atoms with Crippen molar-refractivity contribution in [1.29, 1.82) is 0 Å². The van der Waals surface area contributed by atoms with E-state index in [0.717, 1.165) is 0 Å². The molecule has 1 saturated carbocycles. The summed E-state index contributed by atoms with van der Waals surface area (Å²) in [6, 6.07) is 4.72. The van der Waals surface area contributed by atoms with Crippen LogP contribution in [0.4, 0.5) is 0 Å². The molecule has 0 saturated heterocycles. The minimum absolute atomic E-state index is 0.129. The second kappa shape index (κ2) is 7.17.